The van der Waals surface area contributed by atoms with Crippen LogP contribution < -0.4 is 15.4 Å². The highest BCUT2D eigenvalue weighted by Gasteiger charge is 2.05. The molecule has 0 bridgehead atoms. The Balaban J connectivity index is 0.00000441. The summed E-state index contributed by atoms with van der Waals surface area (Å²) in [4.78, 5) is 4.27. The van der Waals surface area contributed by atoms with Crippen molar-refractivity contribution in [1.82, 2.24) is 10.6 Å². The van der Waals surface area contributed by atoms with E-state index in [4.69, 9.17) is 4.74 Å². The van der Waals surface area contributed by atoms with Crippen LogP contribution in [0.15, 0.2) is 23.2 Å². The molecular weight excluding hydrogens is 389 g/mol. The van der Waals surface area contributed by atoms with Gasteiger partial charge in [-0.2, -0.15) is 0 Å². The van der Waals surface area contributed by atoms with Gasteiger partial charge in [0.1, 0.15) is 5.75 Å². The average molecular weight is 419 g/mol. The van der Waals surface area contributed by atoms with Crippen LogP contribution in [-0.4, -0.2) is 26.7 Å². The van der Waals surface area contributed by atoms with Crippen molar-refractivity contribution in [3.05, 3.63) is 29.3 Å². The molecule has 0 spiro atoms. The molecule has 1 aromatic carbocycles. The molecule has 0 aliphatic heterocycles. The summed E-state index contributed by atoms with van der Waals surface area (Å²) >= 11 is 0. The molecule has 0 radical (unpaired) electrons. The number of benzene rings is 1. The number of halogens is 1. The summed E-state index contributed by atoms with van der Waals surface area (Å²) in [6, 6.07) is 6.22. The number of aryl methyl sites for hydroxylation is 1. The molecule has 0 aromatic heterocycles. The number of aliphatic imine (C=N–C) groups is 1. The number of rotatable bonds is 7. The summed E-state index contributed by atoms with van der Waals surface area (Å²) in [6.07, 6.45) is 2.39. The second-order valence-electron chi connectivity index (χ2n) is 5.29. The van der Waals surface area contributed by atoms with Gasteiger partial charge in [0, 0.05) is 20.1 Å². The molecule has 0 heterocycles. The molecule has 0 saturated heterocycles. The summed E-state index contributed by atoms with van der Waals surface area (Å²) in [6.45, 7) is 8.24. The zero-order valence-electron chi connectivity index (χ0n) is 14.4. The third-order valence-electron chi connectivity index (χ3n) is 3.86. The summed E-state index contributed by atoms with van der Waals surface area (Å²) in [5.41, 5.74) is 2.37. The lowest BCUT2D eigenvalue weighted by Crippen LogP contribution is -2.39. The lowest BCUT2D eigenvalue weighted by atomic mass is 10.0. The van der Waals surface area contributed by atoms with Gasteiger partial charge in [0.25, 0.3) is 0 Å². The smallest absolute Gasteiger partial charge is 0.191 e. The van der Waals surface area contributed by atoms with E-state index in [-0.39, 0.29) is 24.0 Å². The number of hydrogen-bond acceptors (Lipinski definition) is 2. The predicted molar refractivity (Wildman–Crippen MR) is 105 cm³/mol. The summed E-state index contributed by atoms with van der Waals surface area (Å²) in [7, 11) is 3.51. The minimum Gasteiger partial charge on any atom is -0.496 e. The van der Waals surface area contributed by atoms with Crippen LogP contribution in [0.3, 0.4) is 0 Å². The van der Waals surface area contributed by atoms with Gasteiger partial charge in [-0.05, 0) is 30.0 Å². The quantitative estimate of drug-likeness (QED) is 0.402. The fourth-order valence-electron chi connectivity index (χ4n) is 2.28. The van der Waals surface area contributed by atoms with E-state index in [9.17, 15) is 0 Å². The molecule has 1 aromatic rings. The van der Waals surface area contributed by atoms with Crippen LogP contribution in [0.5, 0.6) is 5.75 Å². The number of nitrogens with one attached hydrogen (secondary N) is 2. The Morgan fingerprint density at radius 1 is 1.23 bits per heavy atom. The number of methoxy groups -OCH3 is 1. The van der Waals surface area contributed by atoms with E-state index >= 15 is 0 Å². The molecule has 22 heavy (non-hydrogen) atoms. The normalized spacial score (nSPS) is 11.1. The minimum absolute atomic E-state index is 0. The van der Waals surface area contributed by atoms with Gasteiger partial charge in [0.05, 0.1) is 7.11 Å². The van der Waals surface area contributed by atoms with Crippen molar-refractivity contribution in [3.8, 4) is 5.75 Å². The highest BCUT2D eigenvalue weighted by atomic mass is 127. The third-order valence-corrected chi connectivity index (χ3v) is 3.86. The zero-order chi connectivity index (χ0) is 15.7. The van der Waals surface area contributed by atoms with Gasteiger partial charge in [0.15, 0.2) is 5.96 Å². The van der Waals surface area contributed by atoms with Crippen LogP contribution in [0.1, 0.15) is 37.8 Å². The zero-order valence-corrected chi connectivity index (χ0v) is 16.7. The molecular formula is C17H30IN3O. The maximum atomic E-state index is 5.28. The Hall–Kier alpha value is -0.980. The first-order valence-electron chi connectivity index (χ1n) is 7.72. The van der Waals surface area contributed by atoms with Crippen molar-refractivity contribution in [3.63, 3.8) is 0 Å². The highest BCUT2D eigenvalue weighted by Crippen LogP contribution is 2.18. The van der Waals surface area contributed by atoms with E-state index < -0.39 is 0 Å². The van der Waals surface area contributed by atoms with Gasteiger partial charge < -0.3 is 15.4 Å². The summed E-state index contributed by atoms with van der Waals surface area (Å²) in [5, 5.41) is 6.74. The molecule has 0 aliphatic rings. The highest BCUT2D eigenvalue weighted by molar-refractivity contribution is 14.0. The van der Waals surface area contributed by atoms with Crippen LogP contribution >= 0.6 is 24.0 Å². The van der Waals surface area contributed by atoms with Crippen molar-refractivity contribution in [2.75, 3.05) is 20.7 Å². The fraction of sp³-hybridized carbons (Fsp3) is 0.588. The Morgan fingerprint density at radius 3 is 2.41 bits per heavy atom. The topological polar surface area (TPSA) is 45.7 Å². The number of hydrogen-bond donors (Lipinski definition) is 2. The number of nitrogens with zero attached hydrogens (tertiary/aromatic N) is 1. The third kappa shape index (κ3) is 6.85. The fourth-order valence-corrected chi connectivity index (χ4v) is 2.28. The van der Waals surface area contributed by atoms with Crippen LogP contribution in [0.4, 0.5) is 0 Å². The van der Waals surface area contributed by atoms with Crippen molar-refractivity contribution >= 4 is 29.9 Å². The van der Waals surface area contributed by atoms with Crippen molar-refractivity contribution in [1.29, 1.82) is 0 Å². The molecule has 5 heteroatoms. The Morgan fingerprint density at radius 2 is 1.91 bits per heavy atom. The molecule has 0 saturated carbocycles. The Kier molecular flexibility index (Phi) is 11.1. The second-order valence-corrected chi connectivity index (χ2v) is 5.29. The van der Waals surface area contributed by atoms with Gasteiger partial charge in [0.2, 0.25) is 0 Å². The average Bonchev–Trinajstić information content (AvgIpc) is 2.51. The predicted octanol–water partition coefficient (Wildman–Crippen LogP) is 3.72. The number of guanidine groups is 1. The lowest BCUT2D eigenvalue weighted by molar-refractivity contribution is 0.411. The van der Waals surface area contributed by atoms with E-state index in [1.54, 1.807) is 7.11 Å². The monoisotopic (exact) mass is 419 g/mol. The molecule has 0 atom stereocenters. The molecule has 0 unspecified atom stereocenters. The number of ether oxygens (including phenoxy) is 1. The molecule has 2 N–H and O–H groups in total. The molecule has 0 amide bonds. The van der Waals surface area contributed by atoms with Gasteiger partial charge in [-0.1, -0.05) is 38.8 Å². The first kappa shape index (κ1) is 21.0. The Bertz CT molecular complexity index is 459. The lowest BCUT2D eigenvalue weighted by Gasteiger charge is -2.17. The van der Waals surface area contributed by atoms with E-state index in [0.717, 1.165) is 30.4 Å². The van der Waals surface area contributed by atoms with E-state index in [2.05, 4.69) is 48.5 Å². The molecule has 126 valence electrons. The summed E-state index contributed by atoms with van der Waals surface area (Å²) < 4.78 is 5.28. The maximum absolute atomic E-state index is 5.28. The molecule has 0 fully saturated rings. The van der Waals surface area contributed by atoms with Gasteiger partial charge in [-0.15, -0.1) is 24.0 Å². The van der Waals surface area contributed by atoms with E-state index in [0.29, 0.717) is 5.92 Å². The van der Waals surface area contributed by atoms with Crippen LogP contribution in [0.2, 0.25) is 0 Å². The van der Waals surface area contributed by atoms with Gasteiger partial charge in [-0.25, -0.2) is 0 Å². The second kappa shape index (κ2) is 11.6. The molecule has 1 rings (SSSR count). The largest absolute Gasteiger partial charge is 0.496 e. The minimum atomic E-state index is 0. The Labute approximate surface area is 152 Å². The van der Waals surface area contributed by atoms with Crippen LogP contribution in [0, 0.1) is 12.8 Å². The first-order valence-corrected chi connectivity index (χ1v) is 7.72. The van der Waals surface area contributed by atoms with Crippen LogP contribution in [-0.2, 0) is 6.54 Å². The van der Waals surface area contributed by atoms with Gasteiger partial charge >= 0.3 is 0 Å². The van der Waals surface area contributed by atoms with Crippen molar-refractivity contribution < 1.29 is 4.74 Å². The standard InChI is InChI=1S/C17H29N3O.HI/c1-6-14(7-2)11-19-17(18-4)20-12-15-8-9-16(21-5)13(3)10-15;/h8-10,14H,6-7,11-12H2,1-5H3,(H2,18,19,20);1H. The SMILES string of the molecule is CCC(CC)CNC(=NC)NCc1ccc(OC)c(C)c1.I. The van der Waals surface area contributed by atoms with Crippen LogP contribution in [0.25, 0.3) is 0 Å². The van der Waals surface area contributed by atoms with E-state index in [1.807, 2.05) is 13.1 Å². The molecule has 4 nitrogen and oxygen atoms in total. The first-order chi connectivity index (χ1) is 10.1. The molecule has 0 aliphatic carbocycles. The van der Waals surface area contributed by atoms with Crippen molar-refractivity contribution in [2.45, 2.75) is 40.2 Å². The van der Waals surface area contributed by atoms with Gasteiger partial charge in [-0.3, -0.25) is 4.99 Å². The summed E-state index contributed by atoms with van der Waals surface area (Å²) in [5.74, 6) is 2.48. The van der Waals surface area contributed by atoms with Crippen molar-refractivity contribution in [2.24, 2.45) is 10.9 Å². The van der Waals surface area contributed by atoms with E-state index in [1.165, 1.54) is 18.4 Å². The maximum Gasteiger partial charge on any atom is 0.191 e.